The fourth-order valence-electron chi connectivity index (χ4n) is 6.36. The molecule has 2 heterocycles. The summed E-state index contributed by atoms with van der Waals surface area (Å²) in [5.74, 6) is 0.652. The molecule has 3 amide bonds. The number of rotatable bonds is 12. The minimum absolute atomic E-state index is 0.00559. The fraction of sp³-hybridized carbons (Fsp3) is 0.421. The van der Waals surface area contributed by atoms with Gasteiger partial charge in [-0.3, -0.25) is 9.59 Å². The summed E-state index contributed by atoms with van der Waals surface area (Å²) in [4.78, 5) is 45.2. The number of primary amides is 1. The maximum absolute atomic E-state index is 13.9. The number of hydrogen-bond donors (Lipinski definition) is 2. The molecule has 3 aromatic carbocycles. The molecule has 1 aliphatic rings. The summed E-state index contributed by atoms with van der Waals surface area (Å²) in [5, 5.41) is 2.97. The zero-order chi connectivity index (χ0) is 34.3. The number of aromatic nitrogens is 2. The molecule has 1 saturated heterocycles. The molecule has 254 valence electrons. The molecule has 0 aliphatic carbocycles. The van der Waals surface area contributed by atoms with Gasteiger partial charge in [0.15, 0.2) is 0 Å². The van der Waals surface area contributed by atoms with Gasteiger partial charge in [-0.2, -0.15) is 0 Å². The topological polar surface area (TPSA) is 129 Å². The minimum atomic E-state index is -0.668. The van der Waals surface area contributed by atoms with E-state index in [1.165, 1.54) is 0 Å². The lowest BCUT2D eigenvalue weighted by atomic mass is 9.95. The van der Waals surface area contributed by atoms with Gasteiger partial charge in [-0.25, -0.2) is 9.78 Å². The van der Waals surface area contributed by atoms with E-state index in [4.69, 9.17) is 20.2 Å². The predicted octanol–water partition coefficient (Wildman–Crippen LogP) is 6.07. The smallest absolute Gasteiger partial charge is 0.407 e. The quantitative estimate of drug-likeness (QED) is 0.179. The Labute approximate surface area is 282 Å². The van der Waals surface area contributed by atoms with Crippen molar-refractivity contribution in [2.45, 2.75) is 77.0 Å². The number of amides is 3. The zero-order valence-electron chi connectivity index (χ0n) is 28.4. The van der Waals surface area contributed by atoms with E-state index in [0.29, 0.717) is 31.7 Å². The number of alkyl carbamates (subject to hydrolysis) is 1. The van der Waals surface area contributed by atoms with Crippen molar-refractivity contribution in [2.75, 3.05) is 26.8 Å². The SMILES string of the molecule is COCCCn1c([C@@H]2CCCN(C(=O)C[C@@H](Cc3ccc(-c4ccc(C(N)=O)cc4)cc3)NC(=O)OC(C)(C)C)C2)nc2ccccc21. The van der Waals surface area contributed by atoms with E-state index in [2.05, 4.69) is 16.0 Å². The summed E-state index contributed by atoms with van der Waals surface area (Å²) in [5.41, 5.74) is 10.1. The Morgan fingerprint density at radius 3 is 2.35 bits per heavy atom. The number of carbonyl (C=O) groups is 3. The van der Waals surface area contributed by atoms with Crippen molar-refractivity contribution in [1.82, 2.24) is 19.8 Å². The molecule has 0 unspecified atom stereocenters. The van der Waals surface area contributed by atoms with E-state index in [1.54, 1.807) is 19.2 Å². The normalized spacial score (nSPS) is 15.7. The lowest BCUT2D eigenvalue weighted by Gasteiger charge is -2.34. The number of carbonyl (C=O) groups excluding carboxylic acids is 3. The maximum Gasteiger partial charge on any atom is 0.407 e. The third kappa shape index (κ3) is 9.01. The third-order valence-electron chi connectivity index (χ3n) is 8.63. The number of nitrogens with two attached hydrogens (primary N) is 1. The lowest BCUT2D eigenvalue weighted by molar-refractivity contribution is -0.133. The van der Waals surface area contributed by atoms with Crippen LogP contribution in [0.15, 0.2) is 72.8 Å². The van der Waals surface area contributed by atoms with Crippen molar-refractivity contribution in [3.05, 3.63) is 89.7 Å². The summed E-state index contributed by atoms with van der Waals surface area (Å²) < 4.78 is 13.2. The molecule has 3 N–H and O–H groups in total. The molecule has 0 spiro atoms. The highest BCUT2D eigenvalue weighted by Gasteiger charge is 2.30. The van der Waals surface area contributed by atoms with Crippen LogP contribution in [0.2, 0.25) is 0 Å². The average Bonchev–Trinajstić information content (AvgIpc) is 3.43. The van der Waals surface area contributed by atoms with E-state index in [-0.39, 0.29) is 18.2 Å². The number of para-hydroxylation sites is 2. The number of nitrogens with one attached hydrogen (secondary N) is 1. The molecule has 2 atom stereocenters. The first-order chi connectivity index (χ1) is 23.0. The van der Waals surface area contributed by atoms with Gasteiger partial charge < -0.3 is 30.0 Å². The molecular weight excluding hydrogens is 606 g/mol. The molecule has 0 saturated carbocycles. The van der Waals surface area contributed by atoms with Gasteiger partial charge in [-0.15, -0.1) is 0 Å². The largest absolute Gasteiger partial charge is 0.444 e. The van der Waals surface area contributed by atoms with Gasteiger partial charge in [0, 0.05) is 57.3 Å². The van der Waals surface area contributed by atoms with Gasteiger partial charge in [0.05, 0.1) is 11.0 Å². The van der Waals surface area contributed by atoms with Crippen molar-refractivity contribution in [1.29, 1.82) is 0 Å². The van der Waals surface area contributed by atoms with Crippen LogP contribution in [0.1, 0.15) is 74.1 Å². The Hall–Kier alpha value is -4.70. The highest BCUT2D eigenvalue weighted by molar-refractivity contribution is 5.93. The van der Waals surface area contributed by atoms with Gasteiger partial charge in [-0.05, 0) is 87.4 Å². The van der Waals surface area contributed by atoms with E-state index in [0.717, 1.165) is 59.4 Å². The van der Waals surface area contributed by atoms with E-state index < -0.39 is 23.6 Å². The number of nitrogens with zero attached hydrogens (tertiary/aromatic N) is 3. The Morgan fingerprint density at radius 1 is 1.00 bits per heavy atom. The van der Waals surface area contributed by atoms with Crippen LogP contribution >= 0.6 is 0 Å². The monoisotopic (exact) mass is 653 g/mol. The van der Waals surface area contributed by atoms with E-state index >= 15 is 0 Å². The molecule has 10 nitrogen and oxygen atoms in total. The average molecular weight is 654 g/mol. The van der Waals surface area contributed by atoms with Crippen molar-refractivity contribution in [3.63, 3.8) is 0 Å². The van der Waals surface area contributed by atoms with Gasteiger partial charge in [-0.1, -0.05) is 48.5 Å². The first-order valence-corrected chi connectivity index (χ1v) is 16.7. The van der Waals surface area contributed by atoms with Gasteiger partial charge in [0.25, 0.3) is 0 Å². The van der Waals surface area contributed by atoms with Crippen LogP contribution in [0.3, 0.4) is 0 Å². The van der Waals surface area contributed by atoms with Crippen molar-refractivity contribution < 1.29 is 23.9 Å². The molecule has 48 heavy (non-hydrogen) atoms. The minimum Gasteiger partial charge on any atom is -0.444 e. The highest BCUT2D eigenvalue weighted by atomic mass is 16.6. The number of piperidine rings is 1. The second kappa shape index (κ2) is 15.5. The van der Waals surface area contributed by atoms with Crippen molar-refractivity contribution in [3.8, 4) is 11.1 Å². The number of methoxy groups -OCH3 is 1. The summed E-state index contributed by atoms with van der Waals surface area (Å²) in [6.45, 7) is 8.16. The van der Waals surface area contributed by atoms with Crippen LogP contribution in [0.5, 0.6) is 0 Å². The van der Waals surface area contributed by atoms with Crippen LogP contribution in [-0.4, -0.2) is 70.8 Å². The summed E-state index contributed by atoms with van der Waals surface area (Å²) in [6, 6.07) is 22.8. The number of fused-ring (bicyclic) bond motifs is 1. The Morgan fingerprint density at radius 2 is 1.69 bits per heavy atom. The molecule has 1 fully saturated rings. The van der Waals surface area contributed by atoms with Gasteiger partial charge in [0.1, 0.15) is 11.4 Å². The van der Waals surface area contributed by atoms with Gasteiger partial charge in [0.2, 0.25) is 11.8 Å². The summed E-state index contributed by atoms with van der Waals surface area (Å²) in [6.07, 6.45) is 2.76. The molecule has 0 bridgehead atoms. The van der Waals surface area contributed by atoms with Crippen LogP contribution < -0.4 is 11.1 Å². The fourth-order valence-corrected chi connectivity index (χ4v) is 6.36. The molecule has 5 rings (SSSR count). The summed E-state index contributed by atoms with van der Waals surface area (Å²) in [7, 11) is 1.71. The predicted molar refractivity (Wildman–Crippen MR) is 187 cm³/mol. The van der Waals surface area contributed by atoms with Crippen molar-refractivity contribution in [2.24, 2.45) is 5.73 Å². The molecule has 10 heteroatoms. The van der Waals surface area contributed by atoms with E-state index in [1.807, 2.05) is 80.3 Å². The number of likely N-dealkylation sites (tertiary alicyclic amines) is 1. The molecule has 0 radical (unpaired) electrons. The van der Waals surface area contributed by atoms with Crippen LogP contribution in [-0.2, 0) is 27.2 Å². The van der Waals surface area contributed by atoms with Crippen LogP contribution in [0, 0.1) is 0 Å². The Kier molecular flexibility index (Phi) is 11.2. The molecular formula is C38H47N5O5. The number of aryl methyl sites for hydroxylation is 1. The van der Waals surface area contributed by atoms with Crippen LogP contribution in [0.25, 0.3) is 22.2 Å². The lowest BCUT2D eigenvalue weighted by Crippen LogP contribution is -2.46. The number of imidazole rings is 1. The summed E-state index contributed by atoms with van der Waals surface area (Å²) >= 11 is 0. The number of benzene rings is 3. The molecule has 1 aromatic heterocycles. The Balaban J connectivity index is 1.30. The second-order valence-corrected chi connectivity index (χ2v) is 13.5. The highest BCUT2D eigenvalue weighted by Crippen LogP contribution is 2.30. The second-order valence-electron chi connectivity index (χ2n) is 13.5. The number of ether oxygens (including phenoxy) is 2. The first-order valence-electron chi connectivity index (χ1n) is 16.7. The standard InChI is InChI=1S/C38H47N5O5/c1-38(2,3)48-37(46)40-31(23-26-12-14-27(15-13-26)28-16-18-29(19-17-28)35(39)45)24-34(44)42-20-7-9-30(25-42)36-41-32-10-5-6-11-33(32)43(36)21-8-22-47-4/h5-6,10-19,30-31H,7-9,20-25H2,1-4H3,(H2,39,45)(H,40,46)/t30-,31-/m1/s1. The molecule has 1 aliphatic heterocycles. The zero-order valence-corrected chi connectivity index (χ0v) is 28.4. The Bertz CT molecular complexity index is 1710. The number of hydrogen-bond acceptors (Lipinski definition) is 6. The van der Waals surface area contributed by atoms with Crippen LogP contribution in [0.4, 0.5) is 4.79 Å². The maximum atomic E-state index is 13.9. The first kappa shape index (κ1) is 34.6. The van der Waals surface area contributed by atoms with E-state index in [9.17, 15) is 14.4 Å². The van der Waals surface area contributed by atoms with Crippen molar-refractivity contribution >= 4 is 28.9 Å². The molecule has 4 aromatic rings. The third-order valence-corrected chi connectivity index (χ3v) is 8.63. The van der Waals surface area contributed by atoms with Gasteiger partial charge >= 0.3 is 6.09 Å².